The van der Waals surface area contributed by atoms with Crippen LogP contribution in [0.5, 0.6) is 11.5 Å². The number of aliphatic hydroxyl groups excluding tert-OH is 1. The number of carbonyl (C=O) groups is 2. The predicted octanol–water partition coefficient (Wildman–Crippen LogP) is 2.69. The number of phenolic OH excluding ortho intramolecular Hbond substituents is 1. The largest absolute Gasteiger partial charge is 0.508 e. The smallest absolute Gasteiger partial charge is 0.295 e. The molecule has 0 spiro atoms. The fourth-order valence-corrected chi connectivity index (χ4v) is 3.63. The average Bonchev–Trinajstić information content (AvgIpc) is 2.96. The van der Waals surface area contributed by atoms with Gasteiger partial charge in [-0.3, -0.25) is 9.59 Å². The summed E-state index contributed by atoms with van der Waals surface area (Å²) in [5, 5.41) is 21.1. The van der Waals surface area contributed by atoms with Gasteiger partial charge in [0.2, 0.25) is 0 Å². The van der Waals surface area contributed by atoms with Gasteiger partial charge >= 0.3 is 0 Å². The molecular weight excluding hydrogens is 384 g/mol. The molecule has 1 unspecified atom stereocenters. The highest BCUT2D eigenvalue weighted by atomic mass is 16.5. The Morgan fingerprint density at radius 2 is 1.90 bits per heavy atom. The van der Waals surface area contributed by atoms with Crippen molar-refractivity contribution in [1.82, 2.24) is 9.80 Å². The quantitative estimate of drug-likeness (QED) is 0.432. The van der Waals surface area contributed by atoms with Crippen molar-refractivity contribution in [3.8, 4) is 11.5 Å². The molecule has 7 nitrogen and oxygen atoms in total. The number of carbonyl (C=O) groups excluding carboxylic acids is 2. The molecule has 3 rings (SSSR count). The fraction of sp³-hybridized carbons (Fsp3) is 0.304. The second-order valence-corrected chi connectivity index (χ2v) is 7.57. The number of aliphatic hydroxyl groups is 1. The summed E-state index contributed by atoms with van der Waals surface area (Å²) in [4.78, 5) is 29.2. The lowest BCUT2D eigenvalue weighted by atomic mass is 9.93. The number of rotatable bonds is 6. The monoisotopic (exact) mass is 410 g/mol. The number of aryl methyl sites for hydroxylation is 1. The second-order valence-electron chi connectivity index (χ2n) is 7.57. The zero-order valence-corrected chi connectivity index (χ0v) is 17.5. The fourth-order valence-electron chi connectivity index (χ4n) is 3.63. The zero-order chi connectivity index (χ0) is 22.0. The number of ether oxygens (including phenoxy) is 1. The molecule has 1 atom stereocenters. The average molecular weight is 410 g/mol. The Kier molecular flexibility index (Phi) is 6.12. The number of amides is 1. The number of aromatic hydroxyl groups is 1. The minimum Gasteiger partial charge on any atom is -0.508 e. The van der Waals surface area contributed by atoms with Crippen LogP contribution < -0.4 is 4.74 Å². The Labute approximate surface area is 175 Å². The lowest BCUT2D eigenvalue weighted by Crippen LogP contribution is -2.35. The molecule has 0 saturated carbocycles. The van der Waals surface area contributed by atoms with Gasteiger partial charge in [-0.2, -0.15) is 0 Å². The molecule has 158 valence electrons. The van der Waals surface area contributed by atoms with Crippen molar-refractivity contribution in [3.63, 3.8) is 0 Å². The highest BCUT2D eigenvalue weighted by Crippen LogP contribution is 2.40. The van der Waals surface area contributed by atoms with Crippen LogP contribution in [-0.2, 0) is 9.59 Å². The second kappa shape index (κ2) is 8.59. The molecule has 0 radical (unpaired) electrons. The third kappa shape index (κ3) is 4.02. The van der Waals surface area contributed by atoms with Crippen molar-refractivity contribution < 1.29 is 24.5 Å². The van der Waals surface area contributed by atoms with Gasteiger partial charge in [-0.15, -0.1) is 0 Å². The van der Waals surface area contributed by atoms with E-state index in [0.29, 0.717) is 35.5 Å². The van der Waals surface area contributed by atoms with Gasteiger partial charge < -0.3 is 24.7 Å². The van der Waals surface area contributed by atoms with Gasteiger partial charge in [0.25, 0.3) is 11.7 Å². The molecule has 0 aromatic heterocycles. The van der Waals surface area contributed by atoms with Crippen LogP contribution >= 0.6 is 0 Å². The first-order valence-corrected chi connectivity index (χ1v) is 9.61. The molecule has 0 aliphatic carbocycles. The first-order chi connectivity index (χ1) is 14.2. The van der Waals surface area contributed by atoms with Gasteiger partial charge in [0, 0.05) is 18.7 Å². The van der Waals surface area contributed by atoms with Crippen molar-refractivity contribution in [3.05, 3.63) is 64.7 Å². The molecular formula is C23H26N2O5. The van der Waals surface area contributed by atoms with Crippen molar-refractivity contribution >= 4 is 17.4 Å². The minimum absolute atomic E-state index is 0.0117. The van der Waals surface area contributed by atoms with E-state index in [4.69, 9.17) is 4.74 Å². The number of Topliss-reactive ketones (excluding diaryl/α,β-unsaturated/α-hetero) is 1. The first-order valence-electron chi connectivity index (χ1n) is 9.61. The minimum atomic E-state index is -0.793. The van der Waals surface area contributed by atoms with Gasteiger partial charge in [0.05, 0.1) is 18.7 Å². The molecule has 0 bridgehead atoms. The molecule has 7 heteroatoms. The number of hydrogen-bond acceptors (Lipinski definition) is 6. The normalized spacial score (nSPS) is 18.3. The Hall–Kier alpha value is -3.32. The van der Waals surface area contributed by atoms with Crippen LogP contribution in [-0.4, -0.2) is 66.0 Å². The highest BCUT2D eigenvalue weighted by molar-refractivity contribution is 6.46. The number of likely N-dealkylation sites (N-methyl/N-ethyl adjacent to an activating group) is 1. The zero-order valence-electron chi connectivity index (χ0n) is 17.5. The van der Waals surface area contributed by atoms with E-state index in [0.717, 1.165) is 0 Å². The molecule has 30 heavy (non-hydrogen) atoms. The SMILES string of the molecule is COc1ccc(/C(O)=C2/C(=O)C(=O)N(CCN(C)C)C2c2cccc(O)c2)c(C)c1. The Morgan fingerprint density at radius 3 is 2.50 bits per heavy atom. The highest BCUT2D eigenvalue weighted by Gasteiger charge is 2.46. The van der Waals surface area contributed by atoms with E-state index in [2.05, 4.69) is 0 Å². The molecule has 1 amide bonds. The van der Waals surface area contributed by atoms with E-state index >= 15 is 0 Å². The van der Waals surface area contributed by atoms with E-state index in [-0.39, 0.29) is 17.1 Å². The summed E-state index contributed by atoms with van der Waals surface area (Å²) in [5.74, 6) is -1.01. The van der Waals surface area contributed by atoms with Crippen LogP contribution in [0.2, 0.25) is 0 Å². The first kappa shape index (κ1) is 21.4. The number of methoxy groups -OCH3 is 1. The summed E-state index contributed by atoms with van der Waals surface area (Å²) < 4.78 is 5.21. The number of nitrogens with zero attached hydrogens (tertiary/aromatic N) is 2. The molecule has 2 N–H and O–H groups in total. The molecule has 2 aromatic rings. The number of hydrogen-bond donors (Lipinski definition) is 2. The van der Waals surface area contributed by atoms with Crippen LogP contribution in [0.15, 0.2) is 48.0 Å². The lowest BCUT2D eigenvalue weighted by molar-refractivity contribution is -0.140. The number of benzene rings is 2. The summed E-state index contributed by atoms with van der Waals surface area (Å²) in [6.45, 7) is 2.64. The summed E-state index contributed by atoms with van der Waals surface area (Å²) in [5.41, 5.74) is 1.73. The van der Waals surface area contributed by atoms with E-state index in [1.807, 2.05) is 19.0 Å². The Bertz CT molecular complexity index is 1010. The lowest BCUT2D eigenvalue weighted by Gasteiger charge is -2.26. The number of ketones is 1. The number of likely N-dealkylation sites (tertiary alicyclic amines) is 1. The molecule has 1 aliphatic heterocycles. The maximum absolute atomic E-state index is 13.0. The molecule has 1 aliphatic rings. The summed E-state index contributed by atoms with van der Waals surface area (Å²) in [6, 6.07) is 10.7. The summed E-state index contributed by atoms with van der Waals surface area (Å²) >= 11 is 0. The van der Waals surface area contributed by atoms with E-state index in [1.54, 1.807) is 44.4 Å². The number of phenols is 1. The van der Waals surface area contributed by atoms with E-state index in [1.165, 1.54) is 17.0 Å². The van der Waals surface area contributed by atoms with Gasteiger partial charge in [-0.1, -0.05) is 12.1 Å². The molecule has 1 fully saturated rings. The Morgan fingerprint density at radius 1 is 1.17 bits per heavy atom. The predicted molar refractivity (Wildman–Crippen MR) is 113 cm³/mol. The summed E-state index contributed by atoms with van der Waals surface area (Å²) in [6.07, 6.45) is 0. The van der Waals surface area contributed by atoms with Crippen molar-refractivity contribution in [2.24, 2.45) is 0 Å². The van der Waals surface area contributed by atoms with Gasteiger partial charge in [-0.05, 0) is 62.5 Å². The van der Waals surface area contributed by atoms with Crippen molar-refractivity contribution in [2.45, 2.75) is 13.0 Å². The third-order valence-corrected chi connectivity index (χ3v) is 5.20. The van der Waals surface area contributed by atoms with Crippen molar-refractivity contribution in [1.29, 1.82) is 0 Å². The maximum Gasteiger partial charge on any atom is 0.295 e. The molecule has 1 saturated heterocycles. The molecule has 2 aromatic carbocycles. The van der Waals surface area contributed by atoms with Crippen molar-refractivity contribution in [2.75, 3.05) is 34.3 Å². The Balaban J connectivity index is 2.17. The van der Waals surface area contributed by atoms with Crippen LogP contribution in [0.3, 0.4) is 0 Å². The standard InChI is InChI=1S/C23H26N2O5/c1-14-12-17(30-4)8-9-18(14)21(27)19-20(15-6-5-7-16(26)13-15)25(11-10-24(2)3)23(29)22(19)28/h5-9,12-13,20,26-27H,10-11H2,1-4H3/b21-19-. The van der Waals surface area contributed by atoms with Crippen LogP contribution in [0.1, 0.15) is 22.7 Å². The van der Waals surface area contributed by atoms with E-state index < -0.39 is 17.7 Å². The summed E-state index contributed by atoms with van der Waals surface area (Å²) in [7, 11) is 5.30. The van der Waals surface area contributed by atoms with Crippen LogP contribution in [0, 0.1) is 6.92 Å². The third-order valence-electron chi connectivity index (χ3n) is 5.20. The maximum atomic E-state index is 13.0. The van der Waals surface area contributed by atoms with Gasteiger partial charge in [0.15, 0.2) is 0 Å². The topological polar surface area (TPSA) is 90.3 Å². The van der Waals surface area contributed by atoms with Gasteiger partial charge in [-0.25, -0.2) is 0 Å². The van der Waals surface area contributed by atoms with Crippen LogP contribution in [0.25, 0.3) is 5.76 Å². The van der Waals surface area contributed by atoms with Crippen LogP contribution in [0.4, 0.5) is 0 Å². The van der Waals surface area contributed by atoms with E-state index in [9.17, 15) is 19.8 Å². The van der Waals surface area contributed by atoms with Gasteiger partial charge in [0.1, 0.15) is 17.3 Å². The molecule has 1 heterocycles.